The largest absolute Gasteiger partial charge is 0.311 e. The number of benzene rings is 1. The second kappa shape index (κ2) is 6.42. The molecule has 0 bridgehead atoms. The number of nitrogens with one attached hydrogen (secondary N) is 1. The quantitative estimate of drug-likeness (QED) is 0.854. The van der Waals surface area contributed by atoms with Gasteiger partial charge in [0.25, 0.3) is 0 Å². The van der Waals surface area contributed by atoms with Crippen molar-refractivity contribution in [2.45, 2.75) is 13.3 Å². The fourth-order valence-corrected chi connectivity index (χ4v) is 3.86. The van der Waals surface area contributed by atoms with Gasteiger partial charge in [0.15, 0.2) is 5.17 Å². The van der Waals surface area contributed by atoms with Crippen LogP contribution in [0.3, 0.4) is 0 Å². The van der Waals surface area contributed by atoms with E-state index in [1.807, 2.05) is 25.1 Å². The number of carbonyl (C=O) groups is 2. The highest BCUT2D eigenvalue weighted by atomic mass is 79.9. The minimum absolute atomic E-state index is 0.00779. The normalized spacial score (nSPS) is 21.2. The molecule has 3 rings (SSSR count). The number of aliphatic imine (C=N–C) groups is 1. The molecule has 5 nitrogen and oxygen atoms in total. The van der Waals surface area contributed by atoms with Crippen molar-refractivity contribution in [2.75, 3.05) is 23.7 Å². The third kappa shape index (κ3) is 3.20. The smallest absolute Gasteiger partial charge is 0.231 e. The van der Waals surface area contributed by atoms with Gasteiger partial charge < -0.3 is 10.2 Å². The van der Waals surface area contributed by atoms with E-state index in [2.05, 4.69) is 26.2 Å². The Hall–Kier alpha value is -1.34. The number of carbonyl (C=O) groups excluding carboxylic acids is 2. The topological polar surface area (TPSA) is 61.8 Å². The minimum Gasteiger partial charge on any atom is -0.311 e. The van der Waals surface area contributed by atoms with Crippen molar-refractivity contribution in [3.05, 3.63) is 28.2 Å². The summed E-state index contributed by atoms with van der Waals surface area (Å²) in [6, 6.07) is 5.79. The summed E-state index contributed by atoms with van der Waals surface area (Å²) in [4.78, 5) is 30.4. The van der Waals surface area contributed by atoms with Gasteiger partial charge in [-0.3, -0.25) is 14.6 Å². The van der Waals surface area contributed by atoms with Gasteiger partial charge in [-0.15, -0.1) is 0 Å². The molecule has 7 heteroatoms. The molecule has 2 aliphatic heterocycles. The van der Waals surface area contributed by atoms with Gasteiger partial charge >= 0.3 is 0 Å². The molecule has 0 aromatic heterocycles. The van der Waals surface area contributed by atoms with Gasteiger partial charge in [-0.1, -0.05) is 27.7 Å². The van der Waals surface area contributed by atoms with Crippen LogP contribution in [0.1, 0.15) is 12.0 Å². The van der Waals surface area contributed by atoms with Crippen LogP contribution in [-0.4, -0.2) is 35.8 Å². The number of thioether (sulfide) groups is 1. The number of hydrogen-bond acceptors (Lipinski definition) is 4. The summed E-state index contributed by atoms with van der Waals surface area (Å²) < 4.78 is 0.978. The lowest BCUT2D eigenvalue weighted by Gasteiger charge is -2.19. The summed E-state index contributed by atoms with van der Waals surface area (Å²) in [6.07, 6.45) is 0.249. The second-order valence-corrected chi connectivity index (χ2v) is 7.36. The molecule has 22 heavy (non-hydrogen) atoms. The first-order valence-corrected chi connectivity index (χ1v) is 8.87. The van der Waals surface area contributed by atoms with Crippen LogP contribution in [0.5, 0.6) is 0 Å². The highest BCUT2D eigenvalue weighted by Gasteiger charge is 2.36. The fourth-order valence-electron chi connectivity index (χ4n) is 2.66. The van der Waals surface area contributed by atoms with E-state index in [0.717, 1.165) is 28.0 Å². The van der Waals surface area contributed by atoms with Gasteiger partial charge in [-0.05, 0) is 30.7 Å². The van der Waals surface area contributed by atoms with E-state index in [9.17, 15) is 9.59 Å². The number of amides is 2. The molecule has 1 aromatic carbocycles. The predicted octanol–water partition coefficient (Wildman–Crippen LogP) is 2.33. The number of aryl methyl sites for hydroxylation is 1. The van der Waals surface area contributed by atoms with Gasteiger partial charge in [-0.25, -0.2) is 0 Å². The van der Waals surface area contributed by atoms with E-state index in [1.165, 1.54) is 0 Å². The van der Waals surface area contributed by atoms with Crippen molar-refractivity contribution in [1.82, 2.24) is 5.32 Å². The number of rotatable bonds is 2. The monoisotopic (exact) mass is 381 g/mol. The average Bonchev–Trinajstić information content (AvgIpc) is 3.09. The molecule has 0 radical (unpaired) electrons. The highest BCUT2D eigenvalue weighted by Crippen LogP contribution is 2.30. The van der Waals surface area contributed by atoms with Gasteiger partial charge in [-0.2, -0.15) is 0 Å². The molecule has 2 aliphatic rings. The second-order valence-electron chi connectivity index (χ2n) is 5.36. The van der Waals surface area contributed by atoms with Gasteiger partial charge in [0.1, 0.15) is 0 Å². The maximum absolute atomic E-state index is 12.3. The third-order valence-electron chi connectivity index (χ3n) is 3.76. The summed E-state index contributed by atoms with van der Waals surface area (Å²) in [5, 5.41) is 3.50. The molecular formula is C15H16BrN3O2S. The Balaban J connectivity index is 1.71. The van der Waals surface area contributed by atoms with E-state index >= 15 is 0 Å². The lowest BCUT2D eigenvalue weighted by Crippen LogP contribution is -2.35. The molecule has 0 saturated carbocycles. The van der Waals surface area contributed by atoms with Crippen molar-refractivity contribution < 1.29 is 9.59 Å². The first-order chi connectivity index (χ1) is 10.5. The lowest BCUT2D eigenvalue weighted by molar-refractivity contribution is -0.125. The van der Waals surface area contributed by atoms with Crippen LogP contribution < -0.4 is 10.2 Å². The summed E-state index contributed by atoms with van der Waals surface area (Å²) in [6.45, 7) is 3.13. The van der Waals surface area contributed by atoms with E-state index in [1.54, 1.807) is 16.7 Å². The Bertz CT molecular complexity index is 662. The zero-order valence-corrected chi connectivity index (χ0v) is 14.5. The van der Waals surface area contributed by atoms with Crippen molar-refractivity contribution in [1.29, 1.82) is 0 Å². The van der Waals surface area contributed by atoms with Crippen LogP contribution in [0.15, 0.2) is 27.7 Å². The maximum Gasteiger partial charge on any atom is 0.231 e. The molecule has 1 fully saturated rings. The molecule has 1 saturated heterocycles. The summed E-state index contributed by atoms with van der Waals surface area (Å²) in [5.41, 5.74) is 1.88. The Morgan fingerprint density at radius 1 is 1.50 bits per heavy atom. The van der Waals surface area contributed by atoms with Crippen molar-refractivity contribution in [3.8, 4) is 0 Å². The van der Waals surface area contributed by atoms with Gasteiger partial charge in [0.2, 0.25) is 11.8 Å². The van der Waals surface area contributed by atoms with E-state index in [-0.39, 0.29) is 24.2 Å². The summed E-state index contributed by atoms with van der Waals surface area (Å²) in [5.74, 6) is 0.466. The van der Waals surface area contributed by atoms with Crippen LogP contribution in [-0.2, 0) is 9.59 Å². The average molecular weight is 382 g/mol. The molecule has 116 valence electrons. The Labute approximate surface area is 141 Å². The molecular weight excluding hydrogens is 366 g/mol. The summed E-state index contributed by atoms with van der Waals surface area (Å²) >= 11 is 4.97. The Kier molecular flexibility index (Phi) is 4.54. The molecule has 1 aromatic rings. The molecule has 0 aliphatic carbocycles. The first-order valence-electron chi connectivity index (χ1n) is 7.09. The van der Waals surface area contributed by atoms with E-state index in [0.29, 0.717) is 11.7 Å². The van der Waals surface area contributed by atoms with E-state index in [4.69, 9.17) is 0 Å². The number of nitrogens with zero attached hydrogens (tertiary/aromatic N) is 2. The van der Waals surface area contributed by atoms with Gasteiger partial charge in [0, 0.05) is 28.9 Å². The molecule has 1 atom stereocenters. The Morgan fingerprint density at radius 3 is 3.00 bits per heavy atom. The van der Waals surface area contributed by atoms with Crippen LogP contribution >= 0.6 is 27.7 Å². The van der Waals surface area contributed by atoms with Crippen molar-refractivity contribution in [3.63, 3.8) is 0 Å². The van der Waals surface area contributed by atoms with E-state index < -0.39 is 0 Å². The van der Waals surface area contributed by atoms with Gasteiger partial charge in [0.05, 0.1) is 12.5 Å². The van der Waals surface area contributed by atoms with Crippen LogP contribution in [0.25, 0.3) is 0 Å². The molecule has 0 spiro atoms. The Morgan fingerprint density at radius 2 is 2.32 bits per heavy atom. The number of halogens is 1. The summed E-state index contributed by atoms with van der Waals surface area (Å²) in [7, 11) is 0. The number of amidine groups is 1. The maximum atomic E-state index is 12.3. The fraction of sp³-hybridized carbons (Fsp3) is 0.400. The standard InChI is InChI=1S/C15H16BrN3O2S/c1-9-6-11(16)2-3-12(9)19-8-10(7-13(19)20)14(21)18-15-17-4-5-22-15/h2-3,6,10H,4-5,7-8H2,1H3,(H,17,18,21). The highest BCUT2D eigenvalue weighted by molar-refractivity contribution is 9.10. The zero-order valence-electron chi connectivity index (χ0n) is 12.1. The van der Waals surface area contributed by atoms with Crippen molar-refractivity contribution in [2.24, 2.45) is 10.9 Å². The van der Waals surface area contributed by atoms with Crippen LogP contribution in [0.2, 0.25) is 0 Å². The number of anilines is 1. The third-order valence-corrected chi connectivity index (χ3v) is 5.15. The first kappa shape index (κ1) is 15.6. The molecule has 1 N–H and O–H groups in total. The lowest BCUT2D eigenvalue weighted by atomic mass is 10.1. The molecule has 2 amide bonds. The predicted molar refractivity (Wildman–Crippen MR) is 92.2 cm³/mol. The van der Waals surface area contributed by atoms with Crippen LogP contribution in [0.4, 0.5) is 5.69 Å². The number of hydrogen-bond donors (Lipinski definition) is 1. The molecule has 1 unspecified atom stereocenters. The van der Waals surface area contributed by atoms with Crippen LogP contribution in [0, 0.1) is 12.8 Å². The SMILES string of the molecule is Cc1cc(Br)ccc1N1CC(C(=O)NC2=NCCS2)CC1=O. The zero-order chi connectivity index (χ0) is 15.7. The minimum atomic E-state index is -0.320. The van der Waals surface area contributed by atoms with Crippen molar-refractivity contribution >= 4 is 50.4 Å². The molecule has 2 heterocycles.